The predicted octanol–water partition coefficient (Wildman–Crippen LogP) is 13.8. The van der Waals surface area contributed by atoms with Crippen LogP contribution in [0.1, 0.15) is 44.5 Å². The molecule has 0 radical (unpaired) electrons. The fourth-order valence-corrected chi connectivity index (χ4v) is 29.9. The van der Waals surface area contributed by atoms with Crippen LogP contribution in [0.2, 0.25) is 0 Å². The molecule has 0 aromatic heterocycles. The number of likely N-dealkylation sites (N-methyl/N-ethyl adjacent to an activating group) is 2. The molecular formula is C78H42N4O4+2. The van der Waals surface area contributed by atoms with Crippen molar-refractivity contribution in [2.24, 2.45) is 11.5 Å². The molecule has 396 valence electrons. The van der Waals surface area contributed by atoms with Crippen LogP contribution < -0.4 is 11.5 Å². The number of nitrogens with two attached hydrogens (primary N) is 2. The van der Waals surface area contributed by atoms with Crippen molar-refractivity contribution in [3.8, 4) is 0 Å². The Kier molecular flexibility index (Phi) is 4.32. The number of ether oxygens (including phenoxy) is 4. The fraction of sp³-hybridized carbons (Fsp3) is 0.282. The summed E-state index contributed by atoms with van der Waals surface area (Å²) in [6.07, 6.45) is 0. The molecule has 0 amide bonds. The Labute approximate surface area is 480 Å². The second kappa shape index (κ2) is 9.65. The fourth-order valence-electron chi connectivity index (χ4n) is 29.9. The zero-order valence-corrected chi connectivity index (χ0v) is 47.0. The van der Waals surface area contributed by atoms with Crippen LogP contribution in [-0.2, 0) is 40.6 Å². The van der Waals surface area contributed by atoms with Crippen LogP contribution in [0.15, 0.2) is 0 Å². The highest BCUT2D eigenvalue weighted by molar-refractivity contribution is 6.77. The van der Waals surface area contributed by atoms with Crippen molar-refractivity contribution in [1.82, 2.24) is 0 Å². The minimum absolute atomic E-state index is 0.236. The lowest BCUT2D eigenvalue weighted by atomic mass is 9.50. The molecule has 0 saturated carbocycles. The van der Waals surface area contributed by atoms with Crippen LogP contribution in [0, 0.1) is 0 Å². The minimum atomic E-state index is -0.237. The first-order valence-electron chi connectivity index (χ1n) is 32.8. The van der Waals surface area contributed by atoms with Crippen LogP contribution in [0.4, 0.5) is 0 Å². The topological polar surface area (TPSA) is 89.0 Å². The van der Waals surface area contributed by atoms with Crippen LogP contribution in [0.3, 0.4) is 0 Å². The van der Waals surface area contributed by atoms with Crippen LogP contribution in [-0.4, -0.2) is 128 Å². The number of rotatable bonds is 16. The zero-order valence-electron chi connectivity index (χ0n) is 47.0. The van der Waals surface area contributed by atoms with Crippen LogP contribution in [0.25, 0.3) is 259 Å². The SMILES string of the molecule is C[N+]1(CCOCCOCCN)CC23c4c5c6c7c8c9c(c%10c%11c2c2c4c4c%12c%13c%14c%15c%16c%17c%18c%19c%20c%21c%22c(c%13c4c4c2c2c%11c%11c%10c%10c9c9c%13c8c(c6c%15c5%12)c%16c%13c%18c5c%19c6c%21c(c2c%224)c%11c6c%10c59)C%202C[N+](C)(CCOCCOCCN)CC%14%172)C73C1. The molecule has 4 N–H and O–H groups in total. The molecule has 34 rings (SSSR count). The Morgan fingerprint density at radius 3 is 0.512 bits per heavy atom. The summed E-state index contributed by atoms with van der Waals surface area (Å²) in [7, 11) is 5.39. The van der Waals surface area contributed by atoms with Crippen LogP contribution >= 0.6 is 0 Å². The molecule has 8 heteroatoms. The van der Waals surface area contributed by atoms with Crippen LogP contribution in [0.5, 0.6) is 0 Å². The van der Waals surface area contributed by atoms with Gasteiger partial charge in [0.25, 0.3) is 0 Å². The van der Waals surface area contributed by atoms with Crippen molar-refractivity contribution in [3.63, 3.8) is 0 Å². The van der Waals surface area contributed by atoms with Gasteiger partial charge in [-0.15, -0.1) is 0 Å². The minimum Gasteiger partial charge on any atom is -0.378 e. The maximum absolute atomic E-state index is 6.71. The summed E-state index contributed by atoms with van der Waals surface area (Å²) in [5.74, 6) is 0. The lowest BCUT2D eigenvalue weighted by Crippen LogP contribution is -2.51. The smallest absolute Gasteiger partial charge is 0.102 e. The van der Waals surface area contributed by atoms with E-state index in [0.29, 0.717) is 52.7 Å². The number of likely N-dealkylation sites (tertiary alicyclic amines) is 2. The Hall–Kier alpha value is -7.60. The molecule has 2 aliphatic heterocycles. The average molecular weight is 1100 g/mol. The van der Waals surface area contributed by atoms with Crippen molar-refractivity contribution < 1.29 is 27.9 Å². The number of quaternary nitrogens is 2. The van der Waals surface area contributed by atoms with E-state index in [2.05, 4.69) is 14.1 Å². The highest BCUT2D eigenvalue weighted by Gasteiger charge is 2.80. The lowest BCUT2D eigenvalue weighted by molar-refractivity contribution is -0.900. The molecule has 2 fully saturated rings. The van der Waals surface area contributed by atoms with Crippen molar-refractivity contribution >= 4 is 259 Å². The number of hydrogen-bond donors (Lipinski definition) is 2. The Bertz CT molecular complexity index is 7200. The zero-order chi connectivity index (χ0) is 53.5. The van der Waals surface area contributed by atoms with E-state index in [1.165, 1.54) is 0 Å². The van der Waals surface area contributed by atoms with Gasteiger partial charge >= 0.3 is 0 Å². The third kappa shape index (κ3) is 2.43. The quantitative estimate of drug-likeness (QED) is 0.0569. The maximum Gasteiger partial charge on any atom is 0.102 e. The number of benzene rings is 16. The van der Waals surface area contributed by atoms with Crippen molar-refractivity contribution in [3.05, 3.63) is 44.5 Å². The van der Waals surface area contributed by atoms with E-state index in [1.54, 1.807) is 303 Å². The molecule has 6 unspecified atom stereocenters. The third-order valence-electron chi connectivity index (χ3n) is 30.2. The highest BCUT2D eigenvalue weighted by atomic mass is 16.5. The average Bonchev–Trinajstić information content (AvgIpc) is 1.38. The van der Waals surface area contributed by atoms with E-state index in [1.807, 2.05) is 0 Å². The first kappa shape index (κ1) is 38.5. The Morgan fingerprint density at radius 1 is 0.221 bits per heavy atom. The summed E-state index contributed by atoms with van der Waals surface area (Å²) in [6.45, 7) is 12.5. The summed E-state index contributed by atoms with van der Waals surface area (Å²) < 4.78 is 27.3. The summed E-state index contributed by atoms with van der Waals surface area (Å²) in [4.78, 5) is 0. The molecule has 6 atom stereocenters. The van der Waals surface area contributed by atoms with Crippen molar-refractivity contribution in [2.75, 3.05) is 119 Å². The summed E-state index contributed by atoms with van der Waals surface area (Å²) >= 11 is 0. The van der Waals surface area contributed by atoms with Gasteiger partial charge in [-0.1, -0.05) is 0 Å². The molecular weight excluding hydrogens is 1060 g/mol. The molecule has 2 saturated heterocycles. The van der Waals surface area contributed by atoms with E-state index < -0.39 is 0 Å². The Morgan fingerprint density at radius 2 is 0.360 bits per heavy atom. The second-order valence-electron chi connectivity index (χ2n) is 32.0. The van der Waals surface area contributed by atoms with E-state index in [-0.39, 0.29) is 21.7 Å². The summed E-state index contributed by atoms with van der Waals surface area (Å²) in [5.41, 5.74) is 25.1. The Balaban J connectivity index is 0.899. The summed E-state index contributed by atoms with van der Waals surface area (Å²) in [6, 6.07) is 0. The molecule has 24 aromatic carbocycles. The first-order valence-corrected chi connectivity index (χ1v) is 32.8. The van der Waals surface area contributed by atoms with E-state index in [0.717, 1.165) is 61.4 Å². The predicted molar refractivity (Wildman–Crippen MR) is 350 cm³/mol. The first-order chi connectivity index (χ1) is 42.4. The maximum atomic E-state index is 6.71. The molecule has 4 spiro atoms. The van der Waals surface area contributed by atoms with Gasteiger partial charge in [0.1, 0.15) is 13.1 Å². The third-order valence-corrected chi connectivity index (χ3v) is 30.2. The van der Waals surface area contributed by atoms with Gasteiger partial charge in [-0.3, -0.25) is 0 Å². The van der Waals surface area contributed by atoms with Gasteiger partial charge in [0.05, 0.1) is 115 Å². The van der Waals surface area contributed by atoms with E-state index >= 15 is 0 Å². The van der Waals surface area contributed by atoms with Gasteiger partial charge in [-0.25, -0.2) is 0 Å². The monoisotopic (exact) mass is 1100 g/mol. The van der Waals surface area contributed by atoms with Gasteiger partial charge in [0, 0.05) is 13.1 Å². The normalized spacial score (nSPS) is 28.6. The van der Waals surface area contributed by atoms with Gasteiger partial charge in [0.2, 0.25) is 0 Å². The van der Waals surface area contributed by atoms with Crippen molar-refractivity contribution in [2.45, 2.75) is 21.7 Å². The highest BCUT2D eigenvalue weighted by Crippen LogP contribution is 2.88. The second-order valence-corrected chi connectivity index (χ2v) is 32.0. The van der Waals surface area contributed by atoms with Gasteiger partial charge in [0.15, 0.2) is 0 Å². The van der Waals surface area contributed by atoms with E-state index in [4.69, 9.17) is 30.4 Å². The van der Waals surface area contributed by atoms with Gasteiger partial charge in [-0.2, -0.15) is 0 Å². The summed E-state index contributed by atoms with van der Waals surface area (Å²) in [5, 5.41) is 81.0. The number of hydrogen-bond acceptors (Lipinski definition) is 6. The molecule has 24 aromatic rings. The molecule has 8 nitrogen and oxygen atoms in total. The molecule has 8 aliphatic carbocycles. The van der Waals surface area contributed by atoms with E-state index in [9.17, 15) is 0 Å². The van der Waals surface area contributed by atoms with Crippen molar-refractivity contribution in [1.29, 1.82) is 0 Å². The lowest BCUT2D eigenvalue weighted by Gasteiger charge is -2.47. The number of nitrogens with zero attached hydrogens (tertiary/aromatic N) is 2. The molecule has 10 aliphatic rings. The largest absolute Gasteiger partial charge is 0.378 e. The van der Waals surface area contributed by atoms with Gasteiger partial charge in [-0.05, 0) is 303 Å². The molecule has 0 bridgehead atoms. The molecule has 86 heavy (non-hydrogen) atoms. The molecule has 2 heterocycles. The standard InChI is InChI=1S/C78H42N4O4/c1-81(5-9-85-13-11-83-7-3-79)15-75-67-51-35-23-21-19-20-22-24-26-31-41-29(22)39(27(19)35)55(67)57(41)69-59-43(31)34-38(26)54-52-36(24)28(20)40-30(21)42-32-25(23)37-33-44(32)60-64-48-45(33)61(71(75)53(37)51)65-49(48)50-47(63(59)73(65)77(69,75)17-81)46(34)62-66(50)74(64)78-18-82(2,6-10-86-14-12-84-8-4-80)16-76(78,72(54)62)68(52)56(40)58(42)70(60)78/h3-18,79-80H2,1-2H3/q+2. The van der Waals surface area contributed by atoms with Gasteiger partial charge < -0.3 is 39.4 Å².